The fourth-order valence-corrected chi connectivity index (χ4v) is 28.5. The van der Waals surface area contributed by atoms with Gasteiger partial charge in [0, 0.05) is 0 Å². The standard InChI is InChI=1S/2C20H17N2.C2H6Si.2ClH.Zr/c2*1-14-4-6-16(7-5-14)17-12-18-10-15(2)11-19(18)20(13-17)22-9-3-8-21-22;1-3-2;;;/h2*3-13H,1-2H3;1-2H3;2*1H;/q;;;;;+2/p-2. The van der Waals surface area contributed by atoms with Crippen LogP contribution in [0.5, 0.6) is 0 Å². The second-order valence-electron chi connectivity index (χ2n) is 13.7. The van der Waals surface area contributed by atoms with Crippen LogP contribution in [0.1, 0.15) is 54.5 Å². The molecule has 0 radical (unpaired) electrons. The summed E-state index contributed by atoms with van der Waals surface area (Å²) < 4.78 is 5.13. The molecule has 0 spiro atoms. The molecule has 2 aliphatic rings. The minimum absolute atomic E-state index is 0. The van der Waals surface area contributed by atoms with Crippen molar-refractivity contribution in [1.82, 2.24) is 19.6 Å². The second-order valence-corrected chi connectivity index (χ2v) is 31.6. The van der Waals surface area contributed by atoms with E-state index in [2.05, 4.69) is 147 Å². The molecule has 0 aliphatic heterocycles. The summed E-state index contributed by atoms with van der Waals surface area (Å²) in [5.41, 5.74) is 18.2. The Morgan fingerprint density at radius 3 is 1.30 bits per heavy atom. The van der Waals surface area contributed by atoms with Crippen LogP contribution in [0.4, 0.5) is 0 Å². The van der Waals surface area contributed by atoms with Gasteiger partial charge in [0.25, 0.3) is 0 Å². The third kappa shape index (κ3) is 6.41. The zero-order valence-corrected chi connectivity index (χ0v) is 34.2. The number of benzene rings is 4. The number of aryl methyl sites for hydroxylation is 2. The van der Waals surface area contributed by atoms with Gasteiger partial charge in [-0.3, -0.25) is 0 Å². The van der Waals surface area contributed by atoms with Crippen molar-refractivity contribution in [2.24, 2.45) is 0 Å². The van der Waals surface area contributed by atoms with E-state index >= 15 is 0 Å². The normalized spacial score (nSPS) is 15.5. The Bertz CT molecular complexity index is 2120. The molecule has 2 aliphatic carbocycles. The van der Waals surface area contributed by atoms with E-state index in [1.165, 1.54) is 78.2 Å². The maximum atomic E-state index is 4.73. The summed E-state index contributed by atoms with van der Waals surface area (Å²) in [4.78, 5) is 0. The number of fused-ring (bicyclic) bond motifs is 2. The molecule has 6 aromatic rings. The Hall–Kier alpha value is -3.54. The van der Waals surface area contributed by atoms with Crippen LogP contribution in [-0.2, 0) is 20.4 Å². The van der Waals surface area contributed by atoms with Crippen LogP contribution in [0.3, 0.4) is 0 Å². The van der Waals surface area contributed by atoms with E-state index in [0.717, 1.165) is 0 Å². The third-order valence-corrected chi connectivity index (χ3v) is 30.0. The Balaban J connectivity index is 0.00000216. The number of rotatable bonds is 6. The van der Waals surface area contributed by atoms with Gasteiger partial charge in [-0.25, -0.2) is 0 Å². The average Bonchev–Trinajstić information content (AvgIpc) is 3.90. The molecular weight excluding hydrogens is 751 g/mol. The molecule has 0 fully saturated rings. The summed E-state index contributed by atoms with van der Waals surface area (Å²) in [7, 11) is 0. The van der Waals surface area contributed by atoms with E-state index in [1.807, 2.05) is 24.5 Å². The van der Waals surface area contributed by atoms with Gasteiger partial charge in [-0.05, 0) is 0 Å². The number of hydrogen-bond donors (Lipinski definition) is 0. The summed E-state index contributed by atoms with van der Waals surface area (Å²) in [6, 6.07) is 31.8. The van der Waals surface area contributed by atoms with Gasteiger partial charge in [0.1, 0.15) is 0 Å². The van der Waals surface area contributed by atoms with Crippen molar-refractivity contribution < 1.29 is 45.2 Å². The van der Waals surface area contributed by atoms with E-state index in [-0.39, 0.29) is 24.8 Å². The molecular formula is C42H40Cl2N4SiZr. The summed E-state index contributed by atoms with van der Waals surface area (Å²) in [6.45, 7) is 14.3. The molecule has 2 atom stereocenters. The number of aromatic nitrogens is 4. The van der Waals surface area contributed by atoms with Crippen LogP contribution in [0, 0.1) is 13.8 Å². The van der Waals surface area contributed by atoms with Gasteiger partial charge in [0.15, 0.2) is 0 Å². The Labute approximate surface area is 316 Å². The first-order chi connectivity index (χ1) is 23.3. The summed E-state index contributed by atoms with van der Waals surface area (Å²) in [5.74, 6) is 0. The van der Waals surface area contributed by atoms with Crippen molar-refractivity contribution in [3.63, 3.8) is 0 Å². The van der Waals surface area contributed by atoms with Gasteiger partial charge < -0.3 is 24.8 Å². The Morgan fingerprint density at radius 2 is 0.960 bits per heavy atom. The SMILES string of the molecule is CC1=Cc2c(cc(-c3ccc(C)cc3)cc2-n2cccn2)[C@@H]1[Zr+2]([C@H]1C(C)=Cc2c1cc(-c1ccc(C)cc1)cc2-n1cccn1)=[Si](C)C.[Cl-].[Cl-]. The van der Waals surface area contributed by atoms with Gasteiger partial charge in [-0.2, -0.15) is 0 Å². The van der Waals surface area contributed by atoms with Crippen molar-refractivity contribution in [1.29, 1.82) is 0 Å². The van der Waals surface area contributed by atoms with Crippen LogP contribution in [0.25, 0.3) is 45.8 Å². The second kappa shape index (κ2) is 14.6. The molecule has 4 aromatic carbocycles. The van der Waals surface area contributed by atoms with Crippen LogP contribution in [0.15, 0.2) is 121 Å². The molecule has 4 nitrogen and oxygen atoms in total. The van der Waals surface area contributed by atoms with Gasteiger partial charge in [-0.1, -0.05) is 0 Å². The molecule has 2 heterocycles. The van der Waals surface area contributed by atoms with Gasteiger partial charge in [0.05, 0.1) is 0 Å². The smallest absolute Gasteiger partial charge is 1.00 e. The molecule has 250 valence electrons. The van der Waals surface area contributed by atoms with Crippen LogP contribution in [0.2, 0.25) is 13.1 Å². The van der Waals surface area contributed by atoms with Gasteiger partial charge >= 0.3 is 293 Å². The molecule has 0 saturated heterocycles. The Morgan fingerprint density at radius 1 is 0.560 bits per heavy atom. The zero-order valence-electron chi connectivity index (χ0n) is 29.2. The minimum Gasteiger partial charge on any atom is -1.00 e. The molecule has 0 saturated carbocycles. The number of nitrogens with zero attached hydrogens (tertiary/aromatic N) is 4. The minimum atomic E-state index is -2.37. The fourth-order valence-electron chi connectivity index (χ4n) is 7.82. The van der Waals surface area contributed by atoms with Crippen LogP contribution < -0.4 is 24.8 Å². The fraction of sp³-hybridized carbons (Fsp3) is 0.190. The third-order valence-electron chi connectivity index (χ3n) is 10.1. The van der Waals surface area contributed by atoms with E-state index in [9.17, 15) is 0 Å². The number of allylic oxidation sites excluding steroid dienone is 2. The molecule has 50 heavy (non-hydrogen) atoms. The number of halogens is 2. The molecule has 0 N–H and O–H groups in total. The monoisotopic (exact) mass is 788 g/mol. The van der Waals surface area contributed by atoms with Crippen molar-refractivity contribution >= 4 is 17.6 Å². The predicted molar refractivity (Wildman–Crippen MR) is 198 cm³/mol. The first-order valence-electron chi connectivity index (χ1n) is 16.8. The van der Waals surface area contributed by atoms with Gasteiger partial charge in [-0.15, -0.1) is 0 Å². The van der Waals surface area contributed by atoms with E-state index in [4.69, 9.17) is 10.2 Å². The maximum Gasteiger partial charge on any atom is -1.00 e. The van der Waals surface area contributed by atoms with Crippen molar-refractivity contribution in [3.05, 3.63) is 154 Å². The summed E-state index contributed by atoms with van der Waals surface area (Å²) >= 11 is -2.37. The van der Waals surface area contributed by atoms with Gasteiger partial charge in [0.2, 0.25) is 0 Å². The Kier molecular flexibility index (Phi) is 10.6. The molecule has 0 amide bonds. The maximum absolute atomic E-state index is 4.73. The van der Waals surface area contributed by atoms with E-state index < -0.39 is 25.8 Å². The zero-order chi connectivity index (χ0) is 33.1. The summed E-state index contributed by atoms with van der Waals surface area (Å²) in [5, 5.41) is 9.47. The molecule has 0 unspecified atom stereocenters. The predicted octanol–water partition coefficient (Wildman–Crippen LogP) is 4.50. The molecule has 8 heteroatoms. The number of hydrogen-bond acceptors (Lipinski definition) is 2. The van der Waals surface area contributed by atoms with Crippen LogP contribution >= 0.6 is 0 Å². The summed E-state index contributed by atoms with van der Waals surface area (Å²) in [6.07, 6.45) is 12.9. The van der Waals surface area contributed by atoms with Crippen LogP contribution in [-0.4, -0.2) is 25.0 Å². The quantitative estimate of drug-likeness (QED) is 0.233. The van der Waals surface area contributed by atoms with Crippen molar-refractivity contribution in [2.75, 3.05) is 0 Å². The molecule has 8 rings (SSSR count). The van der Waals surface area contributed by atoms with E-state index in [1.54, 1.807) is 0 Å². The van der Waals surface area contributed by atoms with E-state index in [0.29, 0.717) is 7.25 Å². The average molecular weight is 791 g/mol. The first kappa shape index (κ1) is 36.3. The molecule has 0 bridgehead atoms. The largest absolute Gasteiger partial charge is 1.00 e. The van der Waals surface area contributed by atoms with Crippen molar-refractivity contribution in [2.45, 2.75) is 48.0 Å². The topological polar surface area (TPSA) is 35.6 Å². The molecule has 2 aromatic heterocycles. The van der Waals surface area contributed by atoms with Crippen molar-refractivity contribution in [3.8, 4) is 33.6 Å². The first-order valence-corrected chi connectivity index (χ1v) is 25.8.